The largest absolute Gasteiger partial charge is 0.335 e. The van der Waals surface area contributed by atoms with Gasteiger partial charge in [0, 0.05) is 43.5 Å². The molecular weight excluding hydrogens is 366 g/mol. The van der Waals surface area contributed by atoms with Crippen LogP contribution < -0.4 is 0 Å². The first-order valence-electron chi connectivity index (χ1n) is 8.56. The maximum Gasteiger partial charge on any atom is 0.213 e. The van der Waals surface area contributed by atoms with E-state index in [0.717, 1.165) is 22.3 Å². The Kier molecular flexibility index (Phi) is 4.01. The smallest absolute Gasteiger partial charge is 0.213 e. The highest BCUT2D eigenvalue weighted by Crippen LogP contribution is 2.35. The molecular formula is C17H19N7O2S. The quantitative estimate of drug-likeness (QED) is 0.651. The van der Waals surface area contributed by atoms with E-state index in [1.807, 2.05) is 30.1 Å². The lowest BCUT2D eigenvalue weighted by molar-refractivity contribution is 0.0719. The second kappa shape index (κ2) is 6.14. The first kappa shape index (κ1) is 17.6. The average molecular weight is 385 g/mol. The van der Waals surface area contributed by atoms with Crippen molar-refractivity contribution in [2.45, 2.75) is 18.9 Å². The molecule has 10 heteroatoms. The lowest BCUT2D eigenvalue weighted by Crippen LogP contribution is -2.64. The minimum atomic E-state index is -3.27. The van der Waals surface area contributed by atoms with Crippen LogP contribution in [0.2, 0.25) is 0 Å². The van der Waals surface area contributed by atoms with Gasteiger partial charge in [-0.05, 0) is 13.0 Å². The summed E-state index contributed by atoms with van der Waals surface area (Å²) in [6.07, 6.45) is 7.16. The van der Waals surface area contributed by atoms with Crippen LogP contribution in [-0.4, -0.2) is 55.9 Å². The first-order chi connectivity index (χ1) is 12.9. The highest BCUT2D eigenvalue weighted by molar-refractivity contribution is 7.89. The molecule has 0 N–H and O–H groups in total. The van der Waals surface area contributed by atoms with Crippen molar-refractivity contribution in [2.24, 2.45) is 7.05 Å². The van der Waals surface area contributed by atoms with E-state index in [4.69, 9.17) is 0 Å². The van der Waals surface area contributed by atoms with Crippen LogP contribution in [0.3, 0.4) is 0 Å². The van der Waals surface area contributed by atoms with Gasteiger partial charge in [0.25, 0.3) is 0 Å². The Hall–Kier alpha value is -2.77. The maximum atomic E-state index is 12.1. The number of aromatic nitrogens is 5. The van der Waals surface area contributed by atoms with Crippen LogP contribution in [0.1, 0.15) is 13.3 Å². The molecule has 9 nitrogen and oxygen atoms in total. The van der Waals surface area contributed by atoms with E-state index in [2.05, 4.69) is 21.1 Å². The zero-order valence-electron chi connectivity index (χ0n) is 15.1. The molecule has 0 bridgehead atoms. The second-order valence-corrected chi connectivity index (χ2v) is 9.05. The highest BCUT2D eigenvalue weighted by Gasteiger charge is 2.49. The number of aryl methyl sites for hydroxylation is 1. The fraction of sp³-hybridized carbons (Fsp3) is 0.412. The van der Waals surface area contributed by atoms with Gasteiger partial charge in [-0.25, -0.2) is 18.4 Å². The molecule has 0 unspecified atom stereocenters. The van der Waals surface area contributed by atoms with Crippen molar-refractivity contribution in [2.75, 3.05) is 18.8 Å². The standard InChI is InChI=1S/C17H19N7O2S/c1-3-27(25,26)23-10-17(11-23,5-6-18)24-9-13(8-21-24)15-14-4-7-22(2)16(14)20-12-19-15/h4,7-9,12H,3,5,10-11H2,1-2H3. The molecule has 1 saturated heterocycles. The van der Waals surface area contributed by atoms with Crippen molar-refractivity contribution in [1.82, 2.24) is 28.6 Å². The summed E-state index contributed by atoms with van der Waals surface area (Å²) in [6, 6.07) is 4.12. The average Bonchev–Trinajstić information content (AvgIpc) is 3.25. The Morgan fingerprint density at radius 1 is 1.33 bits per heavy atom. The van der Waals surface area contributed by atoms with Gasteiger partial charge >= 0.3 is 0 Å². The topological polar surface area (TPSA) is 110 Å². The van der Waals surface area contributed by atoms with Gasteiger partial charge in [-0.15, -0.1) is 0 Å². The Balaban J connectivity index is 1.70. The van der Waals surface area contributed by atoms with E-state index < -0.39 is 15.6 Å². The summed E-state index contributed by atoms with van der Waals surface area (Å²) in [5.41, 5.74) is 1.75. The number of hydrogen-bond acceptors (Lipinski definition) is 6. The second-order valence-electron chi connectivity index (χ2n) is 6.79. The first-order valence-corrected chi connectivity index (χ1v) is 10.2. The van der Waals surface area contributed by atoms with E-state index in [1.54, 1.807) is 17.8 Å². The van der Waals surface area contributed by atoms with E-state index in [9.17, 15) is 13.7 Å². The third kappa shape index (κ3) is 2.70. The van der Waals surface area contributed by atoms with Gasteiger partial charge in [0.05, 0.1) is 30.1 Å². The van der Waals surface area contributed by atoms with Crippen LogP contribution in [0.5, 0.6) is 0 Å². The molecule has 0 spiro atoms. The van der Waals surface area contributed by atoms with Crippen LogP contribution in [0.4, 0.5) is 0 Å². The van der Waals surface area contributed by atoms with Crippen molar-refractivity contribution in [3.8, 4) is 17.3 Å². The summed E-state index contributed by atoms with van der Waals surface area (Å²) in [6.45, 7) is 2.12. The van der Waals surface area contributed by atoms with Gasteiger partial charge in [0.15, 0.2) is 0 Å². The monoisotopic (exact) mass is 385 g/mol. The third-order valence-corrected chi connectivity index (χ3v) is 6.89. The van der Waals surface area contributed by atoms with E-state index in [1.165, 1.54) is 10.6 Å². The van der Waals surface area contributed by atoms with Crippen molar-refractivity contribution >= 4 is 21.1 Å². The molecule has 0 atom stereocenters. The molecule has 3 aromatic heterocycles. The molecule has 0 amide bonds. The Morgan fingerprint density at radius 3 is 2.81 bits per heavy atom. The predicted molar refractivity (Wildman–Crippen MR) is 99.0 cm³/mol. The zero-order valence-corrected chi connectivity index (χ0v) is 15.9. The number of nitrogens with zero attached hydrogens (tertiary/aromatic N) is 7. The van der Waals surface area contributed by atoms with E-state index in [-0.39, 0.29) is 25.3 Å². The Morgan fingerprint density at radius 2 is 2.11 bits per heavy atom. The summed E-state index contributed by atoms with van der Waals surface area (Å²) < 4.78 is 29.2. The molecule has 0 aliphatic carbocycles. The number of nitriles is 1. The van der Waals surface area contributed by atoms with Crippen molar-refractivity contribution in [3.63, 3.8) is 0 Å². The summed E-state index contributed by atoms with van der Waals surface area (Å²) in [5, 5.41) is 14.6. The van der Waals surface area contributed by atoms with Crippen molar-refractivity contribution in [3.05, 3.63) is 31.0 Å². The Labute approximate surface area is 156 Å². The molecule has 0 radical (unpaired) electrons. The zero-order chi connectivity index (χ0) is 19.2. The number of rotatable bonds is 5. The molecule has 27 heavy (non-hydrogen) atoms. The van der Waals surface area contributed by atoms with Gasteiger partial charge in [0.1, 0.15) is 17.5 Å². The van der Waals surface area contributed by atoms with Gasteiger partial charge in [-0.2, -0.15) is 14.7 Å². The molecule has 0 saturated carbocycles. The molecule has 0 aromatic carbocycles. The number of hydrogen-bond donors (Lipinski definition) is 0. The van der Waals surface area contributed by atoms with Gasteiger partial charge in [-0.1, -0.05) is 0 Å². The van der Waals surface area contributed by atoms with Gasteiger partial charge in [-0.3, -0.25) is 4.68 Å². The lowest BCUT2D eigenvalue weighted by atomic mass is 9.89. The van der Waals surface area contributed by atoms with Crippen LogP contribution >= 0.6 is 0 Å². The minimum absolute atomic E-state index is 0.0485. The molecule has 4 heterocycles. The minimum Gasteiger partial charge on any atom is -0.335 e. The third-order valence-electron chi connectivity index (χ3n) is 5.11. The normalized spacial score (nSPS) is 16.9. The van der Waals surface area contributed by atoms with Crippen LogP contribution in [0, 0.1) is 11.3 Å². The Bertz CT molecular complexity index is 1150. The van der Waals surface area contributed by atoms with Gasteiger partial charge < -0.3 is 4.57 Å². The fourth-order valence-electron chi connectivity index (χ4n) is 3.49. The molecule has 140 valence electrons. The molecule has 1 aliphatic heterocycles. The number of sulfonamides is 1. The van der Waals surface area contributed by atoms with Crippen LogP contribution in [0.15, 0.2) is 31.0 Å². The molecule has 1 fully saturated rings. The van der Waals surface area contributed by atoms with Crippen molar-refractivity contribution < 1.29 is 8.42 Å². The van der Waals surface area contributed by atoms with Crippen LogP contribution in [0.25, 0.3) is 22.3 Å². The van der Waals surface area contributed by atoms with E-state index in [0.29, 0.717) is 0 Å². The summed E-state index contributed by atoms with van der Waals surface area (Å²) in [4.78, 5) is 8.69. The fourth-order valence-corrected chi connectivity index (χ4v) is 4.73. The predicted octanol–water partition coefficient (Wildman–Crippen LogP) is 1.11. The molecule has 3 aromatic rings. The lowest BCUT2D eigenvalue weighted by Gasteiger charge is -2.47. The maximum absolute atomic E-state index is 12.1. The molecule has 4 rings (SSSR count). The SMILES string of the molecule is CCS(=O)(=O)N1CC(CC#N)(n2cc(-c3ncnc4c3ccn4C)cn2)C1. The summed E-state index contributed by atoms with van der Waals surface area (Å²) >= 11 is 0. The van der Waals surface area contributed by atoms with Gasteiger partial charge in [0.2, 0.25) is 10.0 Å². The summed E-state index contributed by atoms with van der Waals surface area (Å²) in [7, 11) is -1.35. The summed E-state index contributed by atoms with van der Waals surface area (Å²) in [5.74, 6) is 0.0485. The highest BCUT2D eigenvalue weighted by atomic mass is 32.2. The number of fused-ring (bicyclic) bond motifs is 1. The molecule has 1 aliphatic rings. The van der Waals surface area contributed by atoms with Crippen LogP contribution in [-0.2, 0) is 22.6 Å². The van der Waals surface area contributed by atoms with Crippen molar-refractivity contribution in [1.29, 1.82) is 5.26 Å². The van der Waals surface area contributed by atoms with E-state index >= 15 is 0 Å².